The van der Waals surface area contributed by atoms with E-state index < -0.39 is 16.6 Å². The lowest BCUT2D eigenvalue weighted by molar-refractivity contribution is -0.385. The molecule has 0 aromatic heterocycles. The fourth-order valence-corrected chi connectivity index (χ4v) is 2.69. The van der Waals surface area contributed by atoms with Crippen molar-refractivity contribution in [2.24, 2.45) is 0 Å². The van der Waals surface area contributed by atoms with E-state index in [1.807, 2.05) is 25.7 Å². The summed E-state index contributed by atoms with van der Waals surface area (Å²) in [7, 11) is 0. The molecule has 23 heavy (non-hydrogen) atoms. The highest BCUT2D eigenvalue weighted by Gasteiger charge is 2.33. The van der Waals surface area contributed by atoms with Crippen LogP contribution in [0.4, 0.5) is 11.4 Å². The zero-order valence-corrected chi connectivity index (χ0v) is 13.6. The van der Waals surface area contributed by atoms with Crippen LogP contribution in [0, 0.1) is 10.1 Å². The Kier molecular flexibility index (Phi) is 4.77. The highest BCUT2D eigenvalue weighted by Crippen LogP contribution is 2.33. The summed E-state index contributed by atoms with van der Waals surface area (Å²) >= 11 is 0. The molecular formula is C16H22N2O5. The van der Waals surface area contributed by atoms with Crippen molar-refractivity contribution in [1.82, 2.24) is 0 Å². The first-order valence-corrected chi connectivity index (χ1v) is 7.66. The Hall–Kier alpha value is -2.31. The van der Waals surface area contributed by atoms with E-state index in [-0.39, 0.29) is 17.4 Å². The van der Waals surface area contributed by atoms with Crippen LogP contribution in [0.2, 0.25) is 0 Å². The van der Waals surface area contributed by atoms with Gasteiger partial charge in [0, 0.05) is 18.3 Å². The molecule has 1 aliphatic heterocycles. The van der Waals surface area contributed by atoms with E-state index in [9.17, 15) is 20.0 Å². The number of nitro groups is 1. The van der Waals surface area contributed by atoms with Gasteiger partial charge in [0.2, 0.25) is 0 Å². The summed E-state index contributed by atoms with van der Waals surface area (Å²) in [6.45, 7) is 6.04. The van der Waals surface area contributed by atoms with Crippen LogP contribution in [0.1, 0.15) is 40.0 Å². The molecule has 7 nitrogen and oxygen atoms in total. The zero-order valence-electron chi connectivity index (χ0n) is 13.6. The van der Waals surface area contributed by atoms with Gasteiger partial charge in [-0.2, -0.15) is 0 Å². The van der Waals surface area contributed by atoms with E-state index in [0.717, 1.165) is 12.8 Å². The first kappa shape index (κ1) is 17.1. The average Bonchev–Trinajstić information content (AvgIpc) is 2.45. The Bertz CT molecular complexity index is 609. The number of esters is 1. The largest absolute Gasteiger partial charge is 0.502 e. The Balaban J connectivity index is 2.30. The van der Waals surface area contributed by atoms with Gasteiger partial charge in [-0.1, -0.05) is 0 Å². The quantitative estimate of drug-likeness (QED) is 0.522. The van der Waals surface area contributed by atoms with Gasteiger partial charge in [-0.3, -0.25) is 10.1 Å². The monoisotopic (exact) mass is 322 g/mol. The van der Waals surface area contributed by atoms with Gasteiger partial charge in [-0.05, 0) is 52.2 Å². The van der Waals surface area contributed by atoms with Crippen LogP contribution in [0.5, 0.6) is 5.75 Å². The molecule has 0 spiro atoms. The van der Waals surface area contributed by atoms with Crippen molar-refractivity contribution in [1.29, 1.82) is 0 Å². The summed E-state index contributed by atoms with van der Waals surface area (Å²) in [5.41, 5.74) is -0.401. The predicted octanol–water partition coefficient (Wildman–Crippen LogP) is 3.00. The topological polar surface area (TPSA) is 92.9 Å². The summed E-state index contributed by atoms with van der Waals surface area (Å²) in [6.07, 6.45) is 2.44. The highest BCUT2D eigenvalue weighted by atomic mass is 16.6. The molecular weight excluding hydrogens is 300 g/mol. The van der Waals surface area contributed by atoms with Gasteiger partial charge < -0.3 is 14.7 Å². The molecule has 1 saturated heterocycles. The molecule has 0 saturated carbocycles. The maximum Gasteiger partial charge on any atom is 0.329 e. The van der Waals surface area contributed by atoms with Crippen LogP contribution in [-0.2, 0) is 9.53 Å². The predicted molar refractivity (Wildman–Crippen MR) is 85.6 cm³/mol. The third-order valence-electron chi connectivity index (χ3n) is 3.67. The van der Waals surface area contributed by atoms with Crippen molar-refractivity contribution < 1.29 is 19.6 Å². The first-order valence-electron chi connectivity index (χ1n) is 7.66. The number of hydrogen-bond donors (Lipinski definition) is 1. The highest BCUT2D eigenvalue weighted by molar-refractivity contribution is 5.81. The molecule has 1 fully saturated rings. The molecule has 0 aliphatic carbocycles. The number of phenolic OH excluding ortho intramolecular Hbond substituents is 1. The van der Waals surface area contributed by atoms with E-state index >= 15 is 0 Å². The van der Waals surface area contributed by atoms with Crippen LogP contribution in [0.3, 0.4) is 0 Å². The van der Waals surface area contributed by atoms with Crippen LogP contribution in [0.25, 0.3) is 0 Å². The minimum atomic E-state index is -0.634. The fraction of sp³-hybridized carbons (Fsp3) is 0.562. The number of rotatable bonds is 3. The number of anilines is 1. The molecule has 126 valence electrons. The Morgan fingerprint density at radius 3 is 2.70 bits per heavy atom. The maximum atomic E-state index is 12.4. The lowest BCUT2D eigenvalue weighted by Gasteiger charge is -2.37. The molecule has 0 amide bonds. The standard InChI is InChI=1S/C16H22N2O5/c1-16(2,3)23-15(20)12-6-4-5-9-17(12)11-7-8-14(19)13(10-11)18(21)22/h7-8,10,12,19H,4-6,9H2,1-3H3. The van der Waals surface area contributed by atoms with Crippen molar-refractivity contribution in [2.75, 3.05) is 11.4 Å². The summed E-state index contributed by atoms with van der Waals surface area (Å²) in [4.78, 5) is 24.6. The summed E-state index contributed by atoms with van der Waals surface area (Å²) in [5.74, 6) is -0.711. The van der Waals surface area contributed by atoms with Gasteiger partial charge in [0.1, 0.15) is 11.6 Å². The molecule has 0 bridgehead atoms. The minimum absolute atomic E-state index is 0.326. The maximum absolute atomic E-state index is 12.4. The Morgan fingerprint density at radius 1 is 1.39 bits per heavy atom. The van der Waals surface area contributed by atoms with E-state index in [4.69, 9.17) is 4.74 Å². The van der Waals surface area contributed by atoms with Gasteiger partial charge in [0.25, 0.3) is 0 Å². The van der Waals surface area contributed by atoms with E-state index in [0.29, 0.717) is 18.7 Å². The van der Waals surface area contributed by atoms with Crippen molar-refractivity contribution in [3.05, 3.63) is 28.3 Å². The second-order valence-electron chi connectivity index (χ2n) is 6.67. The second-order valence-corrected chi connectivity index (χ2v) is 6.67. The number of ether oxygens (including phenoxy) is 1. The van der Waals surface area contributed by atoms with Crippen LogP contribution < -0.4 is 4.90 Å². The fourth-order valence-electron chi connectivity index (χ4n) is 2.69. The molecule has 1 aromatic rings. The van der Waals surface area contributed by atoms with Crippen LogP contribution in [-0.4, -0.2) is 34.2 Å². The summed E-state index contributed by atoms with van der Waals surface area (Å²) in [6, 6.07) is 3.71. The molecule has 0 radical (unpaired) electrons. The average molecular weight is 322 g/mol. The molecule has 7 heteroatoms. The molecule has 1 unspecified atom stereocenters. The second kappa shape index (κ2) is 6.44. The number of benzene rings is 1. The number of nitrogens with zero attached hydrogens (tertiary/aromatic N) is 2. The smallest absolute Gasteiger partial charge is 0.329 e. The molecule has 1 aromatic carbocycles. The molecule has 1 heterocycles. The Labute approximate surface area is 135 Å². The number of carbonyl (C=O) groups is 1. The van der Waals surface area contributed by atoms with Gasteiger partial charge in [0.05, 0.1) is 4.92 Å². The van der Waals surface area contributed by atoms with Gasteiger partial charge in [-0.25, -0.2) is 4.79 Å². The lowest BCUT2D eigenvalue weighted by Crippen LogP contribution is -2.47. The molecule has 2 rings (SSSR count). The van der Waals surface area contributed by atoms with Crippen molar-refractivity contribution in [3.63, 3.8) is 0 Å². The van der Waals surface area contributed by atoms with E-state index in [2.05, 4.69) is 0 Å². The van der Waals surface area contributed by atoms with Gasteiger partial charge in [-0.15, -0.1) is 0 Å². The number of carbonyl (C=O) groups excluding carboxylic acids is 1. The molecule has 1 aliphatic rings. The SMILES string of the molecule is CC(C)(C)OC(=O)C1CCCCN1c1ccc(O)c([N+](=O)[O-])c1. The number of hydrogen-bond acceptors (Lipinski definition) is 6. The zero-order chi connectivity index (χ0) is 17.2. The van der Waals surface area contributed by atoms with Crippen LogP contribution >= 0.6 is 0 Å². The van der Waals surface area contributed by atoms with Gasteiger partial charge >= 0.3 is 11.7 Å². The number of nitro benzene ring substituents is 1. The number of phenols is 1. The van der Waals surface area contributed by atoms with E-state index in [1.165, 1.54) is 12.1 Å². The normalized spacial score (nSPS) is 18.6. The van der Waals surface area contributed by atoms with Gasteiger partial charge in [0.15, 0.2) is 5.75 Å². The van der Waals surface area contributed by atoms with Crippen molar-refractivity contribution in [3.8, 4) is 5.75 Å². The Morgan fingerprint density at radius 2 is 2.09 bits per heavy atom. The van der Waals surface area contributed by atoms with E-state index in [1.54, 1.807) is 6.07 Å². The molecule has 1 atom stereocenters. The summed E-state index contributed by atoms with van der Waals surface area (Å²) < 4.78 is 5.47. The third-order valence-corrected chi connectivity index (χ3v) is 3.67. The summed E-state index contributed by atoms with van der Waals surface area (Å²) in [5, 5.41) is 20.6. The molecule has 1 N–H and O–H groups in total. The van der Waals surface area contributed by atoms with Crippen molar-refractivity contribution in [2.45, 2.75) is 51.7 Å². The van der Waals surface area contributed by atoms with Crippen LogP contribution in [0.15, 0.2) is 18.2 Å². The van der Waals surface area contributed by atoms with Crippen molar-refractivity contribution >= 4 is 17.3 Å². The number of piperidine rings is 1. The third kappa shape index (κ3) is 4.12. The lowest BCUT2D eigenvalue weighted by atomic mass is 10.0. The first-order chi connectivity index (χ1) is 10.7. The minimum Gasteiger partial charge on any atom is -0.502 e. The number of aromatic hydroxyl groups is 1.